The predicted octanol–water partition coefficient (Wildman–Crippen LogP) is 4.38. The van der Waals surface area contributed by atoms with Crippen LogP contribution < -0.4 is 5.32 Å². The third kappa shape index (κ3) is 17.2. The lowest BCUT2D eigenvalue weighted by molar-refractivity contribution is -0.154. The minimum absolute atomic E-state index is 0.0601. The van der Waals surface area contributed by atoms with Gasteiger partial charge in [0.05, 0.1) is 0 Å². The van der Waals surface area contributed by atoms with Crippen LogP contribution in [0.15, 0.2) is 4.99 Å². The first-order chi connectivity index (χ1) is 13.7. The molecule has 2 amide bonds. The van der Waals surface area contributed by atoms with E-state index >= 15 is 0 Å². The Hall–Kier alpha value is -1.70. The molecular formula is C22H39N2O5Si. The number of esters is 1. The zero-order chi connectivity index (χ0) is 23.4. The number of rotatable bonds is 11. The fourth-order valence-corrected chi connectivity index (χ4v) is 2.76. The monoisotopic (exact) mass is 439 g/mol. The van der Waals surface area contributed by atoms with Gasteiger partial charge in [-0.1, -0.05) is 13.3 Å². The van der Waals surface area contributed by atoms with Crippen LogP contribution in [-0.4, -0.2) is 52.2 Å². The molecule has 0 fully saturated rings. The number of hydrogen-bond donors (Lipinski definition) is 1. The van der Waals surface area contributed by atoms with Crippen LogP contribution in [0.3, 0.4) is 0 Å². The van der Waals surface area contributed by atoms with Crippen molar-refractivity contribution in [3.05, 3.63) is 0 Å². The summed E-state index contributed by atoms with van der Waals surface area (Å²) >= 11 is 0. The van der Waals surface area contributed by atoms with Gasteiger partial charge in [-0.25, -0.2) is 4.79 Å². The summed E-state index contributed by atoms with van der Waals surface area (Å²) in [6.07, 6.45) is 4.64. The molecule has 0 aromatic carbocycles. The topological polar surface area (TPSA) is 94.1 Å². The summed E-state index contributed by atoms with van der Waals surface area (Å²) in [5, 5.41) is 2.87. The fourth-order valence-electron chi connectivity index (χ4n) is 2.51. The average Bonchev–Trinajstić information content (AvgIpc) is 2.53. The van der Waals surface area contributed by atoms with Crippen LogP contribution in [0, 0.1) is 5.92 Å². The fraction of sp³-hybridized carbons (Fsp3) is 0.818. The lowest BCUT2D eigenvalue weighted by Gasteiger charge is -2.19. The number of nitrogens with zero attached hydrogens (tertiary/aromatic N) is 1. The average molecular weight is 440 g/mol. The maximum atomic E-state index is 11.9. The van der Waals surface area contributed by atoms with E-state index in [2.05, 4.69) is 20.6 Å². The molecule has 171 valence electrons. The Bertz CT molecular complexity index is 577. The zero-order valence-electron chi connectivity index (χ0n) is 19.7. The van der Waals surface area contributed by atoms with Crippen LogP contribution in [0.4, 0.5) is 4.79 Å². The number of aliphatic imine (C=N–C) groups is 1. The molecule has 0 rings (SSSR count). The van der Waals surface area contributed by atoms with Crippen molar-refractivity contribution in [1.29, 1.82) is 0 Å². The molecule has 30 heavy (non-hydrogen) atoms. The highest BCUT2D eigenvalue weighted by molar-refractivity contribution is 6.12. The molecule has 0 bridgehead atoms. The van der Waals surface area contributed by atoms with E-state index in [9.17, 15) is 14.4 Å². The molecule has 0 aliphatic rings. The molecule has 0 aliphatic heterocycles. The number of hydrogen-bond acceptors (Lipinski definition) is 5. The number of amides is 2. The number of nitrogens with one attached hydrogen (secondary N) is 1. The van der Waals surface area contributed by atoms with Gasteiger partial charge >= 0.3 is 12.1 Å². The van der Waals surface area contributed by atoms with E-state index in [4.69, 9.17) is 9.47 Å². The Labute approximate surface area is 185 Å². The van der Waals surface area contributed by atoms with Crippen molar-refractivity contribution in [3.63, 3.8) is 0 Å². The van der Waals surface area contributed by atoms with Crippen molar-refractivity contribution < 1.29 is 23.9 Å². The van der Waals surface area contributed by atoms with Gasteiger partial charge in [0, 0.05) is 35.8 Å². The molecule has 8 heteroatoms. The lowest BCUT2D eigenvalue weighted by atomic mass is 10.00. The molecule has 0 aliphatic carbocycles. The Morgan fingerprint density at radius 1 is 0.967 bits per heavy atom. The third-order valence-electron chi connectivity index (χ3n) is 3.90. The van der Waals surface area contributed by atoms with E-state index in [0.717, 1.165) is 19.3 Å². The van der Waals surface area contributed by atoms with Crippen molar-refractivity contribution in [1.82, 2.24) is 5.32 Å². The van der Waals surface area contributed by atoms with Gasteiger partial charge in [0.1, 0.15) is 11.2 Å². The Morgan fingerprint density at radius 3 is 2.10 bits per heavy atom. The van der Waals surface area contributed by atoms with Crippen LogP contribution in [0.2, 0.25) is 5.54 Å². The first-order valence-electron chi connectivity index (χ1n) is 10.7. The molecular weight excluding hydrogens is 400 g/mol. The summed E-state index contributed by atoms with van der Waals surface area (Å²) in [5.74, 6) is -0.244. The maximum absolute atomic E-state index is 11.9. The molecule has 2 atom stereocenters. The summed E-state index contributed by atoms with van der Waals surface area (Å²) in [7, 11) is 3.61. The van der Waals surface area contributed by atoms with Crippen molar-refractivity contribution in [2.75, 3.05) is 6.54 Å². The number of carbonyl (C=O) groups is 3. The summed E-state index contributed by atoms with van der Waals surface area (Å²) in [6, 6.07) is 0. The molecule has 0 heterocycles. The van der Waals surface area contributed by atoms with Gasteiger partial charge in [0.15, 0.2) is 0 Å². The van der Waals surface area contributed by atoms with Crippen LogP contribution in [0.5, 0.6) is 0 Å². The van der Waals surface area contributed by atoms with Crippen molar-refractivity contribution in [3.8, 4) is 0 Å². The minimum Gasteiger partial charge on any atom is -0.460 e. The summed E-state index contributed by atoms with van der Waals surface area (Å²) in [6.45, 7) is 13.5. The van der Waals surface area contributed by atoms with E-state index < -0.39 is 17.3 Å². The highest BCUT2D eigenvalue weighted by Crippen LogP contribution is 2.19. The second kappa shape index (κ2) is 13.6. The lowest BCUT2D eigenvalue weighted by Crippen LogP contribution is -2.26. The summed E-state index contributed by atoms with van der Waals surface area (Å²) in [5.41, 5.74) is -0.894. The third-order valence-corrected chi connectivity index (χ3v) is 4.33. The van der Waals surface area contributed by atoms with Gasteiger partial charge in [0.25, 0.3) is 0 Å². The van der Waals surface area contributed by atoms with E-state index in [1.807, 2.05) is 27.7 Å². The second-order valence-corrected chi connectivity index (χ2v) is 10.4. The highest BCUT2D eigenvalue weighted by atomic mass is 28.1. The number of unbranched alkanes of at least 4 members (excludes halogenated alkanes) is 1. The molecule has 1 N–H and O–H groups in total. The van der Waals surface area contributed by atoms with E-state index in [1.165, 1.54) is 0 Å². The van der Waals surface area contributed by atoms with Crippen molar-refractivity contribution in [2.45, 2.75) is 104 Å². The molecule has 7 nitrogen and oxygen atoms in total. The van der Waals surface area contributed by atoms with Crippen LogP contribution >= 0.6 is 0 Å². The number of ether oxygens (including phenoxy) is 2. The molecule has 0 saturated carbocycles. The smallest absolute Gasteiger partial charge is 0.433 e. The zero-order valence-corrected chi connectivity index (χ0v) is 20.7. The van der Waals surface area contributed by atoms with Gasteiger partial charge in [0.2, 0.25) is 5.91 Å². The Balaban J connectivity index is 4.05. The standard InChI is InChI=1S/C22H39N2O5Si/c1-16(30)17(15-24-20(27)29-22(5,6)7)11-8-9-14-23-18(25)12-10-13-19(26)28-21(2,3)4/h15-17H,8-14H2,1-7H3,(H,23,25)/b24-15+. The second-order valence-electron chi connectivity index (χ2n) is 9.50. The largest absolute Gasteiger partial charge is 0.460 e. The summed E-state index contributed by atoms with van der Waals surface area (Å²) < 4.78 is 10.4. The molecule has 0 spiro atoms. The van der Waals surface area contributed by atoms with Gasteiger partial charge < -0.3 is 14.8 Å². The molecule has 0 saturated heterocycles. The molecule has 0 aromatic heterocycles. The van der Waals surface area contributed by atoms with E-state index in [-0.39, 0.29) is 29.8 Å². The first-order valence-corrected chi connectivity index (χ1v) is 11.2. The maximum Gasteiger partial charge on any atom is 0.433 e. The minimum atomic E-state index is -0.585. The van der Waals surface area contributed by atoms with Gasteiger partial charge in [-0.2, -0.15) is 4.99 Å². The molecule has 2 unspecified atom stereocenters. The molecule has 3 radical (unpaired) electrons. The van der Waals surface area contributed by atoms with Crippen LogP contribution in [-0.2, 0) is 19.1 Å². The van der Waals surface area contributed by atoms with E-state index in [0.29, 0.717) is 19.4 Å². The molecule has 0 aromatic rings. The highest BCUT2D eigenvalue weighted by Gasteiger charge is 2.17. The van der Waals surface area contributed by atoms with Crippen LogP contribution in [0.25, 0.3) is 0 Å². The summed E-state index contributed by atoms with van der Waals surface area (Å²) in [4.78, 5) is 39.1. The van der Waals surface area contributed by atoms with Gasteiger partial charge in [-0.15, -0.1) is 0 Å². The van der Waals surface area contributed by atoms with E-state index in [1.54, 1.807) is 27.0 Å². The van der Waals surface area contributed by atoms with Crippen molar-refractivity contribution in [2.24, 2.45) is 10.9 Å². The number of carbonyl (C=O) groups excluding carboxylic acids is 3. The normalized spacial score (nSPS) is 14.3. The van der Waals surface area contributed by atoms with Gasteiger partial charge in [-0.05, 0) is 72.3 Å². The Morgan fingerprint density at radius 2 is 1.57 bits per heavy atom. The SMILES string of the molecule is CC([Si])C(/C=N/C(=O)OC(C)(C)C)CCCCNC(=O)CCCC(=O)OC(C)(C)C. The first kappa shape index (κ1) is 28.3. The predicted molar refractivity (Wildman–Crippen MR) is 120 cm³/mol. The van der Waals surface area contributed by atoms with Gasteiger partial charge in [-0.3, -0.25) is 9.59 Å². The van der Waals surface area contributed by atoms with Crippen molar-refractivity contribution >= 4 is 34.4 Å². The Kier molecular flexibility index (Phi) is 12.8. The quantitative estimate of drug-likeness (QED) is 0.223. The van der Waals surface area contributed by atoms with Crippen LogP contribution in [0.1, 0.15) is 87.0 Å².